The lowest BCUT2D eigenvalue weighted by Crippen LogP contribution is -2.33. The van der Waals surface area contributed by atoms with Gasteiger partial charge in [0.2, 0.25) is 0 Å². The fourth-order valence-corrected chi connectivity index (χ4v) is 5.47. The van der Waals surface area contributed by atoms with Gasteiger partial charge >= 0.3 is 0 Å². The summed E-state index contributed by atoms with van der Waals surface area (Å²) in [6.07, 6.45) is 2.35. The Hall–Kier alpha value is -3.52. The van der Waals surface area contributed by atoms with E-state index >= 15 is 0 Å². The van der Waals surface area contributed by atoms with Crippen molar-refractivity contribution in [1.82, 2.24) is 15.2 Å². The van der Waals surface area contributed by atoms with Gasteiger partial charge in [0.15, 0.2) is 5.82 Å². The molecule has 8 heteroatoms. The molecule has 0 unspecified atom stereocenters. The molecule has 1 aliphatic rings. The number of aromatic nitrogens is 3. The molecule has 4 aromatic rings. The van der Waals surface area contributed by atoms with Crippen molar-refractivity contribution in [3.63, 3.8) is 0 Å². The van der Waals surface area contributed by atoms with Gasteiger partial charge in [0, 0.05) is 35.4 Å². The van der Waals surface area contributed by atoms with Crippen LogP contribution in [0.2, 0.25) is 0 Å². The first-order chi connectivity index (χ1) is 16.4. The average Bonchev–Trinajstić information content (AvgIpc) is 2.84. The second kappa shape index (κ2) is 9.02. The summed E-state index contributed by atoms with van der Waals surface area (Å²) in [7, 11) is -3.80. The van der Waals surface area contributed by atoms with Crippen molar-refractivity contribution in [3.05, 3.63) is 72.4 Å². The first kappa shape index (κ1) is 22.3. The SMILES string of the molecule is Cc1ccc2cccc(S(=O)(=O)Nc3ccc(-c4ccc(N5CCC(C)CC5)nn4)cc3)c2n1. The van der Waals surface area contributed by atoms with E-state index in [4.69, 9.17) is 0 Å². The molecule has 1 fully saturated rings. The number of pyridine rings is 1. The minimum atomic E-state index is -3.80. The van der Waals surface area contributed by atoms with E-state index in [1.807, 2.05) is 49.4 Å². The minimum absolute atomic E-state index is 0.159. The number of sulfonamides is 1. The van der Waals surface area contributed by atoms with Crippen LogP contribution in [0.5, 0.6) is 0 Å². The maximum Gasteiger partial charge on any atom is 0.264 e. The molecule has 0 bridgehead atoms. The Morgan fingerprint density at radius 2 is 1.68 bits per heavy atom. The summed E-state index contributed by atoms with van der Waals surface area (Å²) in [5, 5.41) is 9.60. The molecule has 3 heterocycles. The van der Waals surface area contributed by atoms with E-state index in [2.05, 4.69) is 31.7 Å². The van der Waals surface area contributed by atoms with Gasteiger partial charge in [-0.1, -0.05) is 37.3 Å². The molecule has 0 amide bonds. The van der Waals surface area contributed by atoms with E-state index < -0.39 is 10.0 Å². The Balaban J connectivity index is 1.33. The number of hydrogen-bond donors (Lipinski definition) is 1. The first-order valence-corrected chi connectivity index (χ1v) is 13.0. The fraction of sp³-hybridized carbons (Fsp3) is 0.269. The van der Waals surface area contributed by atoms with Crippen LogP contribution >= 0.6 is 0 Å². The van der Waals surface area contributed by atoms with Gasteiger partial charge in [-0.15, -0.1) is 10.2 Å². The summed E-state index contributed by atoms with van der Waals surface area (Å²) in [6.45, 7) is 6.15. The summed E-state index contributed by atoms with van der Waals surface area (Å²) in [5.74, 6) is 1.67. The second-order valence-corrected chi connectivity index (χ2v) is 10.6. The van der Waals surface area contributed by atoms with Gasteiger partial charge in [-0.2, -0.15) is 0 Å². The van der Waals surface area contributed by atoms with Crippen molar-refractivity contribution in [2.45, 2.75) is 31.6 Å². The molecule has 0 aliphatic carbocycles. The molecule has 2 aromatic carbocycles. The monoisotopic (exact) mass is 473 g/mol. The van der Waals surface area contributed by atoms with E-state index in [-0.39, 0.29) is 4.90 Å². The zero-order valence-electron chi connectivity index (χ0n) is 19.3. The van der Waals surface area contributed by atoms with Gasteiger partial charge in [-0.3, -0.25) is 9.71 Å². The highest BCUT2D eigenvalue weighted by Gasteiger charge is 2.19. The van der Waals surface area contributed by atoms with E-state index in [0.717, 1.165) is 47.2 Å². The number of nitrogens with zero attached hydrogens (tertiary/aromatic N) is 4. The Morgan fingerprint density at radius 3 is 2.38 bits per heavy atom. The fourth-order valence-electron chi connectivity index (χ4n) is 4.24. The van der Waals surface area contributed by atoms with E-state index in [1.54, 1.807) is 24.3 Å². The molecule has 0 radical (unpaired) electrons. The van der Waals surface area contributed by atoms with Gasteiger partial charge in [0.1, 0.15) is 4.90 Å². The predicted octanol–water partition coefficient (Wildman–Crippen LogP) is 5.04. The van der Waals surface area contributed by atoms with Crippen LogP contribution in [-0.4, -0.2) is 36.7 Å². The minimum Gasteiger partial charge on any atom is -0.355 e. The van der Waals surface area contributed by atoms with Crippen LogP contribution < -0.4 is 9.62 Å². The number of hydrogen-bond acceptors (Lipinski definition) is 6. The standard InChI is InChI=1S/C26H27N5O2S/c1-18-14-16-31(17-15-18)25-13-12-23(28-29-25)20-8-10-22(11-9-20)30-34(32,33)24-5-3-4-21-7-6-19(2)27-26(21)24/h3-13,18,30H,14-17H2,1-2H3. The van der Waals surface area contributed by atoms with Crippen LogP contribution in [0.1, 0.15) is 25.5 Å². The summed E-state index contributed by atoms with van der Waals surface area (Å²) < 4.78 is 28.9. The van der Waals surface area contributed by atoms with Crippen LogP contribution in [0, 0.1) is 12.8 Å². The molecule has 5 rings (SSSR count). The Morgan fingerprint density at radius 1 is 0.912 bits per heavy atom. The van der Waals surface area contributed by atoms with Crippen molar-refractivity contribution in [2.75, 3.05) is 22.7 Å². The molecule has 34 heavy (non-hydrogen) atoms. The number of aryl methyl sites for hydroxylation is 1. The van der Waals surface area contributed by atoms with Gasteiger partial charge in [0.25, 0.3) is 10.0 Å². The smallest absolute Gasteiger partial charge is 0.264 e. The summed E-state index contributed by atoms with van der Waals surface area (Å²) in [6, 6.07) is 20.0. The maximum absolute atomic E-state index is 13.1. The molecule has 174 valence electrons. The van der Waals surface area contributed by atoms with Crippen molar-refractivity contribution >= 4 is 32.4 Å². The van der Waals surface area contributed by atoms with Crippen LogP contribution in [0.3, 0.4) is 0 Å². The van der Waals surface area contributed by atoms with Crippen molar-refractivity contribution < 1.29 is 8.42 Å². The van der Waals surface area contributed by atoms with Gasteiger partial charge in [0.05, 0.1) is 11.2 Å². The largest absolute Gasteiger partial charge is 0.355 e. The van der Waals surface area contributed by atoms with Crippen molar-refractivity contribution in [3.8, 4) is 11.3 Å². The number of anilines is 2. The van der Waals surface area contributed by atoms with Crippen LogP contribution in [0.15, 0.2) is 71.6 Å². The molecule has 1 aliphatic heterocycles. The number of para-hydroxylation sites is 1. The summed E-state index contributed by atoms with van der Waals surface area (Å²) in [4.78, 5) is 6.88. The lowest BCUT2D eigenvalue weighted by molar-refractivity contribution is 0.436. The lowest BCUT2D eigenvalue weighted by Gasteiger charge is -2.30. The number of piperidine rings is 1. The number of fused-ring (bicyclic) bond motifs is 1. The molecule has 7 nitrogen and oxygen atoms in total. The van der Waals surface area contributed by atoms with Gasteiger partial charge in [-0.05, 0) is 62.1 Å². The molecule has 2 aromatic heterocycles. The Kier molecular flexibility index (Phi) is 5.91. The molecule has 0 spiro atoms. The second-order valence-electron chi connectivity index (χ2n) is 8.91. The quantitative estimate of drug-likeness (QED) is 0.437. The zero-order valence-corrected chi connectivity index (χ0v) is 20.1. The molecular formula is C26H27N5O2S. The van der Waals surface area contributed by atoms with E-state index in [0.29, 0.717) is 11.2 Å². The highest BCUT2D eigenvalue weighted by molar-refractivity contribution is 7.93. The highest BCUT2D eigenvalue weighted by Crippen LogP contribution is 2.26. The van der Waals surface area contributed by atoms with Crippen LogP contribution in [-0.2, 0) is 10.0 Å². The van der Waals surface area contributed by atoms with Crippen LogP contribution in [0.25, 0.3) is 22.2 Å². The Bertz CT molecular complexity index is 1410. The number of rotatable bonds is 5. The van der Waals surface area contributed by atoms with Gasteiger partial charge in [-0.25, -0.2) is 8.42 Å². The third-order valence-electron chi connectivity index (χ3n) is 6.30. The van der Waals surface area contributed by atoms with E-state index in [1.165, 1.54) is 12.8 Å². The number of benzene rings is 2. The van der Waals surface area contributed by atoms with Crippen molar-refractivity contribution in [2.24, 2.45) is 5.92 Å². The third kappa shape index (κ3) is 4.59. The molecule has 1 saturated heterocycles. The molecule has 0 atom stereocenters. The van der Waals surface area contributed by atoms with Gasteiger partial charge < -0.3 is 4.90 Å². The molecule has 0 saturated carbocycles. The topological polar surface area (TPSA) is 88.1 Å². The lowest BCUT2D eigenvalue weighted by atomic mass is 9.99. The summed E-state index contributed by atoms with van der Waals surface area (Å²) >= 11 is 0. The Labute approximate surface area is 199 Å². The zero-order chi connectivity index (χ0) is 23.7. The number of nitrogens with one attached hydrogen (secondary N) is 1. The summed E-state index contributed by atoms with van der Waals surface area (Å²) in [5.41, 5.74) is 3.32. The predicted molar refractivity (Wildman–Crippen MR) is 135 cm³/mol. The van der Waals surface area contributed by atoms with Crippen LogP contribution in [0.4, 0.5) is 11.5 Å². The normalized spacial score (nSPS) is 14.9. The average molecular weight is 474 g/mol. The third-order valence-corrected chi connectivity index (χ3v) is 7.72. The van der Waals surface area contributed by atoms with Crippen molar-refractivity contribution in [1.29, 1.82) is 0 Å². The highest BCUT2D eigenvalue weighted by atomic mass is 32.2. The van der Waals surface area contributed by atoms with E-state index in [9.17, 15) is 8.42 Å². The molecular weight excluding hydrogens is 446 g/mol. The maximum atomic E-state index is 13.1. The molecule has 1 N–H and O–H groups in total. The first-order valence-electron chi connectivity index (χ1n) is 11.5.